The standard InChI is InChI=1S/C16H20N2O2/c1-2-10-19-15-7-3-4-8-16(15)20-12-13-6-5-9-18-14(13)11-17/h3-9H,2,10-12,17H2,1H3. The second-order valence-corrected chi connectivity index (χ2v) is 4.40. The molecule has 0 saturated carbocycles. The number of aromatic nitrogens is 1. The Bertz CT molecular complexity index is 544. The van der Waals surface area contributed by atoms with Gasteiger partial charge in [0.25, 0.3) is 0 Å². The molecule has 0 amide bonds. The van der Waals surface area contributed by atoms with E-state index in [1.807, 2.05) is 36.4 Å². The molecule has 0 bridgehead atoms. The van der Waals surface area contributed by atoms with Crippen LogP contribution in [0.3, 0.4) is 0 Å². The van der Waals surface area contributed by atoms with Gasteiger partial charge in [0, 0.05) is 18.3 Å². The molecule has 20 heavy (non-hydrogen) atoms. The monoisotopic (exact) mass is 272 g/mol. The fourth-order valence-electron chi connectivity index (χ4n) is 1.84. The molecule has 0 radical (unpaired) electrons. The Kier molecular flexibility index (Phi) is 5.38. The molecule has 1 aromatic carbocycles. The minimum absolute atomic E-state index is 0.410. The number of hydrogen-bond acceptors (Lipinski definition) is 4. The average Bonchev–Trinajstić information content (AvgIpc) is 2.52. The Morgan fingerprint density at radius 2 is 1.80 bits per heavy atom. The number of pyridine rings is 1. The van der Waals surface area contributed by atoms with Crippen molar-refractivity contribution in [1.29, 1.82) is 0 Å². The fraction of sp³-hybridized carbons (Fsp3) is 0.312. The van der Waals surface area contributed by atoms with Gasteiger partial charge in [0.2, 0.25) is 0 Å². The van der Waals surface area contributed by atoms with E-state index in [1.165, 1.54) is 0 Å². The van der Waals surface area contributed by atoms with Crippen LogP contribution in [0.1, 0.15) is 24.6 Å². The number of ether oxygens (including phenoxy) is 2. The van der Waals surface area contributed by atoms with Crippen molar-refractivity contribution in [3.8, 4) is 11.5 Å². The zero-order chi connectivity index (χ0) is 14.2. The quantitative estimate of drug-likeness (QED) is 0.842. The van der Waals surface area contributed by atoms with Crippen molar-refractivity contribution in [2.75, 3.05) is 6.61 Å². The first kappa shape index (κ1) is 14.3. The number of nitrogens with two attached hydrogens (primary N) is 1. The minimum Gasteiger partial charge on any atom is -0.490 e. The molecule has 0 unspecified atom stereocenters. The van der Waals surface area contributed by atoms with Crippen LogP contribution in [0.4, 0.5) is 0 Å². The predicted octanol–water partition coefficient (Wildman–Crippen LogP) is 2.91. The number of benzene rings is 1. The van der Waals surface area contributed by atoms with Crippen LogP contribution in [0, 0.1) is 0 Å². The summed E-state index contributed by atoms with van der Waals surface area (Å²) < 4.78 is 11.5. The summed E-state index contributed by atoms with van der Waals surface area (Å²) in [6, 6.07) is 11.6. The van der Waals surface area contributed by atoms with E-state index in [4.69, 9.17) is 15.2 Å². The maximum atomic E-state index is 5.84. The van der Waals surface area contributed by atoms with Crippen molar-refractivity contribution >= 4 is 0 Å². The third-order valence-electron chi connectivity index (χ3n) is 2.87. The first-order valence-electron chi connectivity index (χ1n) is 6.82. The molecule has 1 aromatic heterocycles. The van der Waals surface area contributed by atoms with Gasteiger partial charge in [0.1, 0.15) is 6.61 Å². The van der Waals surface area contributed by atoms with Gasteiger partial charge in [-0.25, -0.2) is 0 Å². The van der Waals surface area contributed by atoms with Crippen LogP contribution >= 0.6 is 0 Å². The predicted molar refractivity (Wildman–Crippen MR) is 78.7 cm³/mol. The highest BCUT2D eigenvalue weighted by Crippen LogP contribution is 2.27. The molecule has 2 N–H and O–H groups in total. The summed E-state index contributed by atoms with van der Waals surface area (Å²) in [6.07, 6.45) is 2.71. The van der Waals surface area contributed by atoms with Crippen LogP contribution in [0.2, 0.25) is 0 Å². The van der Waals surface area contributed by atoms with E-state index in [9.17, 15) is 0 Å². The van der Waals surface area contributed by atoms with E-state index in [1.54, 1.807) is 6.20 Å². The second kappa shape index (κ2) is 7.50. The molecule has 2 aromatic rings. The Morgan fingerprint density at radius 3 is 2.50 bits per heavy atom. The van der Waals surface area contributed by atoms with E-state index in [2.05, 4.69) is 11.9 Å². The van der Waals surface area contributed by atoms with Crippen molar-refractivity contribution in [3.05, 3.63) is 53.9 Å². The van der Waals surface area contributed by atoms with Crippen molar-refractivity contribution < 1.29 is 9.47 Å². The summed E-state index contributed by atoms with van der Waals surface area (Å²) in [5, 5.41) is 0. The Balaban J connectivity index is 2.06. The lowest BCUT2D eigenvalue weighted by Crippen LogP contribution is -2.07. The highest BCUT2D eigenvalue weighted by molar-refractivity contribution is 5.39. The van der Waals surface area contributed by atoms with Gasteiger partial charge >= 0.3 is 0 Å². The van der Waals surface area contributed by atoms with Crippen LogP contribution in [0.5, 0.6) is 11.5 Å². The van der Waals surface area contributed by atoms with Crippen molar-refractivity contribution in [1.82, 2.24) is 4.98 Å². The van der Waals surface area contributed by atoms with Crippen molar-refractivity contribution in [3.63, 3.8) is 0 Å². The Morgan fingerprint density at radius 1 is 1.05 bits per heavy atom. The topological polar surface area (TPSA) is 57.4 Å². The maximum absolute atomic E-state index is 5.84. The molecular formula is C16H20N2O2. The van der Waals surface area contributed by atoms with Gasteiger partial charge in [-0.15, -0.1) is 0 Å². The summed E-state index contributed by atoms with van der Waals surface area (Å²) >= 11 is 0. The van der Waals surface area contributed by atoms with Crippen molar-refractivity contribution in [2.45, 2.75) is 26.5 Å². The van der Waals surface area contributed by atoms with Gasteiger partial charge < -0.3 is 15.2 Å². The molecule has 0 aliphatic rings. The normalized spacial score (nSPS) is 10.3. The van der Waals surface area contributed by atoms with Gasteiger partial charge in [-0.05, 0) is 24.6 Å². The van der Waals surface area contributed by atoms with Gasteiger partial charge in [-0.2, -0.15) is 0 Å². The molecule has 0 aliphatic heterocycles. The summed E-state index contributed by atoms with van der Waals surface area (Å²) in [7, 11) is 0. The molecule has 4 heteroatoms. The van der Waals surface area contributed by atoms with E-state index in [0.717, 1.165) is 29.2 Å². The SMILES string of the molecule is CCCOc1ccccc1OCc1cccnc1CN. The smallest absolute Gasteiger partial charge is 0.161 e. The molecular weight excluding hydrogens is 252 g/mol. The lowest BCUT2D eigenvalue weighted by Gasteiger charge is -2.13. The lowest BCUT2D eigenvalue weighted by atomic mass is 10.2. The number of hydrogen-bond donors (Lipinski definition) is 1. The molecule has 4 nitrogen and oxygen atoms in total. The van der Waals surface area contributed by atoms with Gasteiger partial charge in [-0.1, -0.05) is 25.1 Å². The largest absolute Gasteiger partial charge is 0.490 e. The maximum Gasteiger partial charge on any atom is 0.161 e. The lowest BCUT2D eigenvalue weighted by molar-refractivity contribution is 0.261. The molecule has 0 fully saturated rings. The van der Waals surface area contributed by atoms with Gasteiger partial charge in [0.15, 0.2) is 11.5 Å². The van der Waals surface area contributed by atoms with E-state index >= 15 is 0 Å². The van der Waals surface area contributed by atoms with Crippen LogP contribution in [0.25, 0.3) is 0 Å². The van der Waals surface area contributed by atoms with E-state index in [0.29, 0.717) is 19.8 Å². The first-order valence-corrected chi connectivity index (χ1v) is 6.82. The third kappa shape index (κ3) is 3.71. The fourth-order valence-corrected chi connectivity index (χ4v) is 1.84. The van der Waals surface area contributed by atoms with Crippen LogP contribution < -0.4 is 15.2 Å². The first-order chi connectivity index (χ1) is 9.85. The third-order valence-corrected chi connectivity index (χ3v) is 2.87. The molecule has 0 aliphatic carbocycles. The molecule has 0 atom stereocenters. The number of para-hydroxylation sites is 2. The average molecular weight is 272 g/mol. The number of rotatable bonds is 7. The van der Waals surface area contributed by atoms with Gasteiger partial charge in [0.05, 0.1) is 12.3 Å². The minimum atomic E-state index is 0.410. The van der Waals surface area contributed by atoms with Gasteiger partial charge in [-0.3, -0.25) is 4.98 Å². The molecule has 106 valence electrons. The van der Waals surface area contributed by atoms with Crippen molar-refractivity contribution in [2.24, 2.45) is 5.73 Å². The summed E-state index contributed by atoms with van der Waals surface area (Å²) in [5.41, 5.74) is 7.53. The Hall–Kier alpha value is -2.07. The molecule has 2 rings (SSSR count). The molecule has 0 spiro atoms. The van der Waals surface area contributed by atoms with Crippen LogP contribution in [-0.2, 0) is 13.2 Å². The second-order valence-electron chi connectivity index (χ2n) is 4.40. The highest BCUT2D eigenvalue weighted by Gasteiger charge is 2.06. The van der Waals surface area contributed by atoms with E-state index in [-0.39, 0.29) is 0 Å². The van der Waals surface area contributed by atoms with Crippen LogP contribution in [-0.4, -0.2) is 11.6 Å². The highest BCUT2D eigenvalue weighted by atomic mass is 16.5. The summed E-state index contributed by atoms with van der Waals surface area (Å²) in [6.45, 7) is 3.61. The molecule has 0 saturated heterocycles. The van der Waals surface area contributed by atoms with E-state index < -0.39 is 0 Å². The molecule has 1 heterocycles. The summed E-state index contributed by atoms with van der Waals surface area (Å²) in [5.74, 6) is 1.51. The number of nitrogens with zero attached hydrogens (tertiary/aromatic N) is 1. The summed E-state index contributed by atoms with van der Waals surface area (Å²) in [4.78, 5) is 4.25. The zero-order valence-electron chi connectivity index (χ0n) is 11.7. The Labute approximate surface area is 119 Å². The van der Waals surface area contributed by atoms with Crippen LogP contribution in [0.15, 0.2) is 42.6 Å². The zero-order valence-corrected chi connectivity index (χ0v) is 11.7.